The van der Waals surface area contributed by atoms with Crippen LogP contribution in [0.15, 0.2) is 59.5 Å². The minimum atomic E-state index is -4.12. The molecule has 0 saturated heterocycles. The Labute approximate surface area is 157 Å². The summed E-state index contributed by atoms with van der Waals surface area (Å²) in [5.74, 6) is -0.817. The van der Waals surface area contributed by atoms with Crippen molar-refractivity contribution in [1.82, 2.24) is 4.72 Å². The second kappa shape index (κ2) is 9.25. The minimum absolute atomic E-state index is 0.0479. The van der Waals surface area contributed by atoms with Crippen molar-refractivity contribution in [2.75, 3.05) is 12.3 Å². The Morgan fingerprint density at radius 2 is 1.56 bits per heavy atom. The first-order valence-corrected chi connectivity index (χ1v) is 11.3. The van der Waals surface area contributed by atoms with Gasteiger partial charge in [0.15, 0.2) is 9.84 Å². The van der Waals surface area contributed by atoms with Crippen LogP contribution in [-0.2, 0) is 25.6 Å². The molecule has 0 unspecified atom stereocenters. The van der Waals surface area contributed by atoms with Crippen LogP contribution >= 0.6 is 0 Å². The number of benzene rings is 2. The number of para-hydroxylation sites is 1. The maximum atomic E-state index is 12.4. The molecule has 0 heterocycles. The van der Waals surface area contributed by atoms with Gasteiger partial charge < -0.3 is 4.74 Å². The van der Waals surface area contributed by atoms with Crippen LogP contribution in [0.4, 0.5) is 8.78 Å². The second-order valence-electron chi connectivity index (χ2n) is 5.65. The van der Waals surface area contributed by atoms with Gasteiger partial charge in [-0.1, -0.05) is 42.5 Å². The van der Waals surface area contributed by atoms with Gasteiger partial charge >= 0.3 is 6.61 Å². The molecule has 0 aliphatic rings. The van der Waals surface area contributed by atoms with E-state index in [4.69, 9.17) is 0 Å². The van der Waals surface area contributed by atoms with E-state index in [-0.39, 0.29) is 24.5 Å². The number of halogens is 2. The Morgan fingerprint density at radius 1 is 0.926 bits per heavy atom. The number of hydrogen-bond donors (Lipinski definition) is 1. The van der Waals surface area contributed by atoms with E-state index in [0.29, 0.717) is 5.56 Å². The van der Waals surface area contributed by atoms with Crippen molar-refractivity contribution in [1.29, 1.82) is 0 Å². The number of hydrogen-bond acceptors (Lipinski definition) is 5. The largest absolute Gasteiger partial charge is 0.433 e. The molecule has 0 aliphatic carbocycles. The number of alkyl halides is 2. The summed E-state index contributed by atoms with van der Waals surface area (Å²) in [6.45, 7) is -3.32. The standard InChI is InChI=1S/C17H19F2NO5S2/c18-17(19)25-15-9-4-5-10-16(15)27(23,24)20-11-6-12-26(21,22)13-14-7-2-1-3-8-14/h1-5,7-10,17,20H,6,11-13H2. The molecule has 0 bridgehead atoms. The highest BCUT2D eigenvalue weighted by atomic mass is 32.2. The molecule has 2 rings (SSSR count). The van der Waals surface area contributed by atoms with Crippen LogP contribution in [0.2, 0.25) is 0 Å². The summed E-state index contributed by atoms with van der Waals surface area (Å²) in [6, 6.07) is 13.6. The Balaban J connectivity index is 1.93. The fraction of sp³-hybridized carbons (Fsp3) is 0.294. The first-order valence-electron chi connectivity index (χ1n) is 7.97. The minimum Gasteiger partial charge on any atom is -0.433 e. The third kappa shape index (κ3) is 6.89. The lowest BCUT2D eigenvalue weighted by molar-refractivity contribution is -0.0517. The maximum absolute atomic E-state index is 12.4. The summed E-state index contributed by atoms with van der Waals surface area (Å²) < 4.78 is 79.9. The van der Waals surface area contributed by atoms with E-state index in [2.05, 4.69) is 9.46 Å². The van der Waals surface area contributed by atoms with E-state index >= 15 is 0 Å². The lowest BCUT2D eigenvalue weighted by atomic mass is 10.2. The van der Waals surface area contributed by atoms with Gasteiger partial charge in [0.1, 0.15) is 10.6 Å². The number of sulfone groups is 1. The Bertz CT molecular complexity index is 948. The van der Waals surface area contributed by atoms with E-state index in [1.165, 1.54) is 12.1 Å². The molecular weight excluding hydrogens is 400 g/mol. The van der Waals surface area contributed by atoms with Crippen molar-refractivity contribution < 1.29 is 30.4 Å². The van der Waals surface area contributed by atoms with Crippen molar-refractivity contribution in [3.63, 3.8) is 0 Å². The first kappa shape index (κ1) is 21.3. The topological polar surface area (TPSA) is 89.5 Å². The van der Waals surface area contributed by atoms with Crippen molar-refractivity contribution >= 4 is 19.9 Å². The van der Waals surface area contributed by atoms with Gasteiger partial charge in [-0.15, -0.1) is 0 Å². The summed E-state index contributed by atoms with van der Waals surface area (Å²) in [6.07, 6.45) is 0.0479. The molecule has 0 radical (unpaired) electrons. The number of sulfonamides is 1. The van der Waals surface area contributed by atoms with Gasteiger partial charge in [0.2, 0.25) is 10.0 Å². The van der Waals surface area contributed by atoms with E-state index in [1.807, 2.05) is 0 Å². The normalized spacial score (nSPS) is 12.3. The predicted octanol–water partition coefficient (Wildman–Crippen LogP) is 2.57. The summed E-state index contributed by atoms with van der Waals surface area (Å²) in [7, 11) is -7.52. The van der Waals surface area contributed by atoms with Gasteiger partial charge in [-0.2, -0.15) is 8.78 Å². The van der Waals surface area contributed by atoms with E-state index in [1.54, 1.807) is 30.3 Å². The first-order chi connectivity index (χ1) is 12.7. The molecule has 0 amide bonds. The molecule has 1 N–H and O–H groups in total. The predicted molar refractivity (Wildman–Crippen MR) is 96.8 cm³/mol. The molecule has 0 saturated carbocycles. The second-order valence-corrected chi connectivity index (χ2v) is 9.57. The Morgan fingerprint density at radius 3 is 2.22 bits per heavy atom. The molecule has 2 aromatic rings. The lowest BCUT2D eigenvalue weighted by Gasteiger charge is -2.12. The van der Waals surface area contributed by atoms with Crippen molar-refractivity contribution in [2.45, 2.75) is 23.7 Å². The van der Waals surface area contributed by atoms with Gasteiger partial charge in [0, 0.05) is 6.54 Å². The van der Waals surface area contributed by atoms with Gasteiger partial charge in [0.05, 0.1) is 11.5 Å². The number of ether oxygens (including phenoxy) is 1. The maximum Gasteiger partial charge on any atom is 0.387 e. The van der Waals surface area contributed by atoms with Gasteiger partial charge in [0.25, 0.3) is 0 Å². The highest BCUT2D eigenvalue weighted by Gasteiger charge is 2.21. The third-order valence-corrected chi connectivity index (χ3v) is 6.69. The molecule has 0 atom stereocenters. The van der Waals surface area contributed by atoms with Gasteiger partial charge in [-0.3, -0.25) is 0 Å². The van der Waals surface area contributed by atoms with Crippen LogP contribution in [0.1, 0.15) is 12.0 Å². The molecule has 0 fully saturated rings. The molecule has 27 heavy (non-hydrogen) atoms. The van der Waals surface area contributed by atoms with Crippen LogP contribution < -0.4 is 9.46 Å². The highest BCUT2D eigenvalue weighted by molar-refractivity contribution is 7.90. The third-order valence-electron chi connectivity index (χ3n) is 3.51. The van der Waals surface area contributed by atoms with Crippen molar-refractivity contribution in [3.8, 4) is 5.75 Å². The van der Waals surface area contributed by atoms with Crippen molar-refractivity contribution in [2.24, 2.45) is 0 Å². The van der Waals surface area contributed by atoms with Crippen LogP contribution in [0.5, 0.6) is 5.75 Å². The average Bonchev–Trinajstić information content (AvgIpc) is 2.59. The van der Waals surface area contributed by atoms with Crippen LogP contribution in [-0.4, -0.2) is 35.7 Å². The number of rotatable bonds is 10. The summed E-state index contributed by atoms with van der Waals surface area (Å²) in [4.78, 5) is -0.433. The fourth-order valence-corrected chi connectivity index (χ4v) is 4.98. The molecule has 0 aliphatic heterocycles. The monoisotopic (exact) mass is 419 g/mol. The average molecular weight is 419 g/mol. The molecule has 0 aromatic heterocycles. The molecule has 0 spiro atoms. The van der Waals surface area contributed by atoms with Crippen LogP contribution in [0, 0.1) is 0 Å². The van der Waals surface area contributed by atoms with Gasteiger partial charge in [-0.25, -0.2) is 21.6 Å². The van der Waals surface area contributed by atoms with Crippen LogP contribution in [0.25, 0.3) is 0 Å². The van der Waals surface area contributed by atoms with E-state index in [9.17, 15) is 25.6 Å². The molecule has 10 heteroatoms. The molecule has 2 aromatic carbocycles. The Hall–Kier alpha value is -2.04. The summed E-state index contributed by atoms with van der Waals surface area (Å²) in [5, 5.41) is 0. The van der Waals surface area contributed by atoms with Crippen LogP contribution in [0.3, 0.4) is 0 Å². The summed E-state index contributed by atoms with van der Waals surface area (Å²) in [5.41, 5.74) is 0.649. The lowest BCUT2D eigenvalue weighted by Crippen LogP contribution is -2.27. The number of nitrogens with one attached hydrogen (secondary N) is 1. The highest BCUT2D eigenvalue weighted by Crippen LogP contribution is 2.24. The zero-order valence-electron chi connectivity index (χ0n) is 14.2. The Kier molecular flexibility index (Phi) is 7.28. The quantitative estimate of drug-likeness (QED) is 0.598. The van der Waals surface area contributed by atoms with E-state index in [0.717, 1.165) is 12.1 Å². The van der Waals surface area contributed by atoms with Crippen molar-refractivity contribution in [3.05, 3.63) is 60.2 Å². The fourth-order valence-electron chi connectivity index (χ4n) is 2.34. The zero-order chi connectivity index (χ0) is 19.9. The summed E-state index contributed by atoms with van der Waals surface area (Å²) >= 11 is 0. The smallest absolute Gasteiger partial charge is 0.387 e. The SMILES string of the molecule is O=S(=O)(CCCNS(=O)(=O)c1ccccc1OC(F)F)Cc1ccccc1. The van der Waals surface area contributed by atoms with Gasteiger partial charge in [-0.05, 0) is 24.1 Å². The van der Waals surface area contributed by atoms with E-state index < -0.39 is 37.1 Å². The zero-order valence-corrected chi connectivity index (χ0v) is 15.8. The molecular formula is C17H19F2NO5S2. The molecule has 148 valence electrons. The molecule has 6 nitrogen and oxygen atoms in total.